The molecule has 0 spiro atoms. The average molecular weight is 257 g/mol. The lowest BCUT2D eigenvalue weighted by molar-refractivity contribution is 0.256. The smallest absolute Gasteiger partial charge is 0.206 e. The van der Waals surface area contributed by atoms with Crippen molar-refractivity contribution in [1.29, 1.82) is 0 Å². The van der Waals surface area contributed by atoms with Crippen molar-refractivity contribution >= 4 is 9.84 Å². The van der Waals surface area contributed by atoms with Gasteiger partial charge in [-0.2, -0.15) is 0 Å². The lowest BCUT2D eigenvalue weighted by Gasteiger charge is -2.19. The minimum Gasteiger partial charge on any atom is -0.376 e. The van der Waals surface area contributed by atoms with Crippen molar-refractivity contribution in [3.8, 4) is 0 Å². The SMILES string of the molecule is CC(C)(C)c1ccc(S(=O)(=O)C(O)CN)cc1. The number of nitrogens with two attached hydrogens (primary N) is 1. The summed E-state index contributed by atoms with van der Waals surface area (Å²) in [6.45, 7) is 5.84. The number of aliphatic hydroxyl groups excluding tert-OH is 1. The van der Waals surface area contributed by atoms with Crippen molar-refractivity contribution in [2.24, 2.45) is 5.73 Å². The molecule has 0 aliphatic heterocycles. The minimum absolute atomic E-state index is 0.0330. The standard InChI is InChI=1S/C12H19NO3S/c1-12(2,3)9-4-6-10(7-5-9)17(15,16)11(14)8-13/h4-7,11,14H,8,13H2,1-3H3. The Morgan fingerprint density at radius 2 is 1.71 bits per heavy atom. The van der Waals surface area contributed by atoms with E-state index in [0.29, 0.717) is 0 Å². The molecule has 1 aromatic rings. The Kier molecular flexibility index (Phi) is 3.96. The molecule has 0 saturated carbocycles. The highest BCUT2D eigenvalue weighted by molar-refractivity contribution is 7.91. The van der Waals surface area contributed by atoms with Crippen LogP contribution in [0.25, 0.3) is 0 Å². The summed E-state index contributed by atoms with van der Waals surface area (Å²) in [5.41, 5.74) is 4.63. The van der Waals surface area contributed by atoms with Crippen LogP contribution in [-0.4, -0.2) is 25.5 Å². The topological polar surface area (TPSA) is 80.4 Å². The van der Waals surface area contributed by atoms with Crippen LogP contribution >= 0.6 is 0 Å². The Balaban J connectivity index is 3.12. The predicted molar refractivity (Wildman–Crippen MR) is 67.4 cm³/mol. The van der Waals surface area contributed by atoms with Gasteiger partial charge in [0.25, 0.3) is 0 Å². The molecule has 1 rings (SSSR count). The van der Waals surface area contributed by atoms with Gasteiger partial charge in [0.15, 0.2) is 5.44 Å². The average Bonchev–Trinajstić information content (AvgIpc) is 2.27. The van der Waals surface area contributed by atoms with Crippen LogP contribution in [0.2, 0.25) is 0 Å². The number of rotatable bonds is 3. The molecule has 0 bridgehead atoms. The molecule has 3 N–H and O–H groups in total. The number of hydrogen-bond donors (Lipinski definition) is 2. The van der Waals surface area contributed by atoms with E-state index in [4.69, 9.17) is 5.73 Å². The molecule has 0 aliphatic carbocycles. The van der Waals surface area contributed by atoms with Gasteiger partial charge in [-0.3, -0.25) is 0 Å². The monoisotopic (exact) mass is 257 g/mol. The van der Waals surface area contributed by atoms with E-state index in [1.54, 1.807) is 12.1 Å². The maximum absolute atomic E-state index is 11.8. The molecule has 0 saturated heterocycles. The first-order valence-corrected chi connectivity index (χ1v) is 6.97. The number of hydrogen-bond acceptors (Lipinski definition) is 4. The number of benzene rings is 1. The minimum atomic E-state index is -3.72. The van der Waals surface area contributed by atoms with Gasteiger partial charge in [0.2, 0.25) is 9.84 Å². The van der Waals surface area contributed by atoms with E-state index in [1.165, 1.54) is 12.1 Å². The normalized spacial score (nSPS) is 14.6. The van der Waals surface area contributed by atoms with Crippen LogP contribution in [0.15, 0.2) is 29.2 Å². The number of aliphatic hydroxyl groups is 1. The van der Waals surface area contributed by atoms with Crippen molar-refractivity contribution in [2.45, 2.75) is 36.5 Å². The van der Waals surface area contributed by atoms with Gasteiger partial charge in [0, 0.05) is 6.54 Å². The van der Waals surface area contributed by atoms with Gasteiger partial charge in [0.05, 0.1) is 4.90 Å². The van der Waals surface area contributed by atoms with Crippen molar-refractivity contribution in [1.82, 2.24) is 0 Å². The van der Waals surface area contributed by atoms with E-state index in [0.717, 1.165) is 5.56 Å². The summed E-state index contributed by atoms with van der Waals surface area (Å²) in [6.07, 6.45) is 0. The van der Waals surface area contributed by atoms with E-state index >= 15 is 0 Å². The van der Waals surface area contributed by atoms with Gasteiger partial charge in [-0.05, 0) is 23.1 Å². The van der Waals surface area contributed by atoms with Crippen LogP contribution in [0, 0.1) is 0 Å². The molecule has 4 nitrogen and oxygen atoms in total. The van der Waals surface area contributed by atoms with Crippen LogP contribution in [-0.2, 0) is 15.3 Å². The Bertz CT molecular complexity index is 471. The van der Waals surface area contributed by atoms with Crippen molar-refractivity contribution in [3.05, 3.63) is 29.8 Å². The lowest BCUT2D eigenvalue weighted by Crippen LogP contribution is -2.29. The van der Waals surface area contributed by atoms with E-state index in [1.807, 2.05) is 20.8 Å². The fourth-order valence-electron chi connectivity index (χ4n) is 1.43. The molecule has 1 atom stereocenters. The van der Waals surface area contributed by atoms with Gasteiger partial charge < -0.3 is 10.8 Å². The third-order valence-corrected chi connectivity index (χ3v) is 4.45. The van der Waals surface area contributed by atoms with Crippen LogP contribution in [0.5, 0.6) is 0 Å². The Labute approximate surface area is 102 Å². The Morgan fingerprint density at radius 3 is 2.06 bits per heavy atom. The molecule has 5 heteroatoms. The molecule has 0 amide bonds. The highest BCUT2D eigenvalue weighted by atomic mass is 32.2. The van der Waals surface area contributed by atoms with Crippen molar-refractivity contribution in [2.75, 3.05) is 6.54 Å². The maximum atomic E-state index is 11.8. The van der Waals surface area contributed by atoms with Crippen molar-refractivity contribution < 1.29 is 13.5 Å². The second-order valence-electron chi connectivity index (χ2n) is 5.01. The molecule has 17 heavy (non-hydrogen) atoms. The predicted octanol–water partition coefficient (Wildman–Crippen LogP) is 1.03. The molecule has 1 unspecified atom stereocenters. The van der Waals surface area contributed by atoms with Gasteiger partial charge in [-0.25, -0.2) is 8.42 Å². The van der Waals surface area contributed by atoms with Gasteiger partial charge in [0.1, 0.15) is 0 Å². The third kappa shape index (κ3) is 3.06. The van der Waals surface area contributed by atoms with Gasteiger partial charge in [-0.15, -0.1) is 0 Å². The first-order valence-electron chi connectivity index (χ1n) is 5.42. The van der Waals surface area contributed by atoms with E-state index < -0.39 is 15.3 Å². The Hall–Kier alpha value is -0.910. The molecule has 96 valence electrons. The van der Waals surface area contributed by atoms with E-state index in [2.05, 4.69) is 0 Å². The zero-order valence-electron chi connectivity index (χ0n) is 10.3. The van der Waals surface area contributed by atoms with Crippen LogP contribution < -0.4 is 5.73 Å². The summed E-state index contributed by atoms with van der Waals surface area (Å²) in [7, 11) is -3.72. The first-order chi connectivity index (χ1) is 7.69. The molecule has 0 fully saturated rings. The second-order valence-corrected chi connectivity index (χ2v) is 7.12. The molecule has 0 radical (unpaired) electrons. The maximum Gasteiger partial charge on any atom is 0.206 e. The fraction of sp³-hybridized carbons (Fsp3) is 0.500. The summed E-state index contributed by atoms with van der Waals surface area (Å²) in [5, 5.41) is 9.36. The fourth-order valence-corrected chi connectivity index (χ4v) is 2.51. The van der Waals surface area contributed by atoms with Crippen LogP contribution in [0.1, 0.15) is 26.3 Å². The molecule has 0 aliphatic rings. The quantitative estimate of drug-likeness (QED) is 0.847. The lowest BCUT2D eigenvalue weighted by atomic mass is 9.87. The van der Waals surface area contributed by atoms with Crippen LogP contribution in [0.4, 0.5) is 0 Å². The second kappa shape index (κ2) is 4.76. The van der Waals surface area contributed by atoms with E-state index in [9.17, 15) is 13.5 Å². The van der Waals surface area contributed by atoms with Crippen molar-refractivity contribution in [3.63, 3.8) is 0 Å². The largest absolute Gasteiger partial charge is 0.376 e. The summed E-state index contributed by atoms with van der Waals surface area (Å²) in [6, 6.07) is 6.54. The van der Waals surface area contributed by atoms with Crippen LogP contribution in [0.3, 0.4) is 0 Å². The summed E-state index contributed by atoms with van der Waals surface area (Å²) >= 11 is 0. The molecular weight excluding hydrogens is 238 g/mol. The van der Waals surface area contributed by atoms with E-state index in [-0.39, 0.29) is 16.9 Å². The zero-order chi connectivity index (χ0) is 13.3. The highest BCUT2D eigenvalue weighted by Gasteiger charge is 2.24. The Morgan fingerprint density at radius 1 is 1.24 bits per heavy atom. The summed E-state index contributed by atoms with van der Waals surface area (Å²) in [5.74, 6) is 0. The molecular formula is C12H19NO3S. The zero-order valence-corrected chi connectivity index (χ0v) is 11.2. The van der Waals surface area contributed by atoms with Gasteiger partial charge in [-0.1, -0.05) is 32.9 Å². The first kappa shape index (κ1) is 14.2. The summed E-state index contributed by atoms with van der Waals surface area (Å²) < 4.78 is 23.6. The molecule has 0 aromatic heterocycles. The molecule has 1 aromatic carbocycles. The van der Waals surface area contributed by atoms with Gasteiger partial charge >= 0.3 is 0 Å². The molecule has 0 heterocycles. The highest BCUT2D eigenvalue weighted by Crippen LogP contribution is 2.24. The summed E-state index contributed by atoms with van der Waals surface area (Å²) in [4.78, 5) is 0.100. The number of sulfone groups is 1. The third-order valence-electron chi connectivity index (χ3n) is 2.61.